The fourth-order valence-electron chi connectivity index (χ4n) is 1.39. The fourth-order valence-corrected chi connectivity index (χ4v) is 1.39. The molecule has 1 rings (SSSR count). The van der Waals surface area contributed by atoms with Gasteiger partial charge in [-0.15, -0.1) is 0 Å². The molecule has 17 heavy (non-hydrogen) atoms. The van der Waals surface area contributed by atoms with Crippen LogP contribution >= 0.6 is 0 Å². The van der Waals surface area contributed by atoms with Crippen molar-refractivity contribution in [3.05, 3.63) is 0 Å². The summed E-state index contributed by atoms with van der Waals surface area (Å²) in [5.74, 6) is 0.409. The third-order valence-electron chi connectivity index (χ3n) is 2.29. The van der Waals surface area contributed by atoms with Crippen molar-refractivity contribution in [1.82, 2.24) is 0 Å². The lowest BCUT2D eigenvalue weighted by molar-refractivity contribution is -0.0308. The first-order valence-corrected chi connectivity index (χ1v) is 6.28. The minimum atomic E-state index is 0.409. The smallest absolute Gasteiger partial charge is 0.0701 e. The van der Waals surface area contributed by atoms with Crippen molar-refractivity contribution in [3.63, 3.8) is 0 Å². The summed E-state index contributed by atoms with van der Waals surface area (Å²) >= 11 is 0. The summed E-state index contributed by atoms with van der Waals surface area (Å²) in [6.45, 7) is 8.47. The van der Waals surface area contributed by atoms with Crippen molar-refractivity contribution in [1.29, 1.82) is 0 Å². The van der Waals surface area contributed by atoms with E-state index in [1.165, 1.54) is 0 Å². The largest absolute Gasteiger partial charge is 0.379 e. The molecule has 0 unspecified atom stereocenters. The Balaban J connectivity index is 2.09. The first kappa shape index (κ1) is 14.9. The monoisotopic (exact) mass is 248 g/mol. The summed E-state index contributed by atoms with van der Waals surface area (Å²) in [4.78, 5) is 0. The van der Waals surface area contributed by atoms with Gasteiger partial charge in [-0.2, -0.15) is 0 Å². The number of ether oxygens (including phenoxy) is 5. The van der Waals surface area contributed by atoms with E-state index < -0.39 is 0 Å². The van der Waals surface area contributed by atoms with Crippen LogP contribution in [0.1, 0.15) is 6.92 Å². The van der Waals surface area contributed by atoms with Gasteiger partial charge in [0.25, 0.3) is 0 Å². The highest BCUT2D eigenvalue weighted by Gasteiger charge is 2.03. The van der Waals surface area contributed by atoms with Gasteiger partial charge in [0, 0.05) is 5.92 Å². The minimum absolute atomic E-state index is 0.409. The van der Waals surface area contributed by atoms with E-state index in [9.17, 15) is 0 Å². The molecule has 102 valence electrons. The standard InChI is InChI=1S/C12H24O5/c1-12-10-16-8-6-14-4-2-13-3-5-15-7-9-17-11-12/h12H,2-11H2,1H3. The van der Waals surface area contributed by atoms with Crippen molar-refractivity contribution in [2.45, 2.75) is 6.92 Å². The predicted octanol–water partition coefficient (Wildman–Crippen LogP) is 0.719. The molecule has 5 heteroatoms. The fraction of sp³-hybridized carbons (Fsp3) is 1.00. The van der Waals surface area contributed by atoms with Crippen LogP contribution in [0.25, 0.3) is 0 Å². The highest BCUT2D eigenvalue weighted by Crippen LogP contribution is 1.97. The van der Waals surface area contributed by atoms with Gasteiger partial charge in [0.1, 0.15) is 0 Å². The maximum absolute atomic E-state index is 5.47. The molecule has 1 heterocycles. The minimum Gasteiger partial charge on any atom is -0.379 e. The van der Waals surface area contributed by atoms with Crippen LogP contribution in [0.3, 0.4) is 0 Å². The second-order valence-electron chi connectivity index (χ2n) is 4.09. The second kappa shape index (κ2) is 10.9. The molecule has 1 aliphatic heterocycles. The number of rotatable bonds is 0. The zero-order valence-corrected chi connectivity index (χ0v) is 10.7. The third kappa shape index (κ3) is 9.50. The molecule has 0 saturated carbocycles. The molecule has 0 atom stereocenters. The average Bonchev–Trinajstić information content (AvgIpc) is 2.32. The molecule has 5 nitrogen and oxygen atoms in total. The summed E-state index contributed by atoms with van der Waals surface area (Å²) < 4.78 is 27.0. The maximum Gasteiger partial charge on any atom is 0.0701 e. The molecular formula is C12H24O5. The Bertz CT molecular complexity index is 149. The highest BCUT2D eigenvalue weighted by molar-refractivity contribution is 4.49. The van der Waals surface area contributed by atoms with E-state index in [4.69, 9.17) is 23.7 Å². The molecular weight excluding hydrogens is 224 g/mol. The lowest BCUT2D eigenvalue weighted by Crippen LogP contribution is -2.18. The zero-order chi connectivity index (χ0) is 12.2. The van der Waals surface area contributed by atoms with Gasteiger partial charge >= 0.3 is 0 Å². The van der Waals surface area contributed by atoms with Crippen LogP contribution in [0.2, 0.25) is 0 Å². The summed E-state index contributed by atoms with van der Waals surface area (Å²) in [7, 11) is 0. The van der Waals surface area contributed by atoms with Crippen molar-refractivity contribution >= 4 is 0 Å². The van der Waals surface area contributed by atoms with Gasteiger partial charge in [0.05, 0.1) is 66.1 Å². The van der Waals surface area contributed by atoms with Gasteiger partial charge in [-0.3, -0.25) is 0 Å². The van der Waals surface area contributed by atoms with Crippen molar-refractivity contribution in [2.75, 3.05) is 66.1 Å². The van der Waals surface area contributed by atoms with Gasteiger partial charge in [0.2, 0.25) is 0 Å². The van der Waals surface area contributed by atoms with Crippen LogP contribution in [0.15, 0.2) is 0 Å². The Labute approximate surface area is 103 Å². The van der Waals surface area contributed by atoms with E-state index in [0.29, 0.717) is 72.0 Å². The van der Waals surface area contributed by atoms with E-state index in [-0.39, 0.29) is 0 Å². The predicted molar refractivity (Wildman–Crippen MR) is 63.3 cm³/mol. The molecule has 0 spiro atoms. The Hall–Kier alpha value is -0.200. The Kier molecular flexibility index (Phi) is 9.55. The lowest BCUT2D eigenvalue weighted by atomic mass is 10.2. The molecule has 0 aromatic carbocycles. The van der Waals surface area contributed by atoms with Crippen molar-refractivity contribution in [2.24, 2.45) is 5.92 Å². The first-order chi connectivity index (χ1) is 8.39. The van der Waals surface area contributed by atoms with Gasteiger partial charge in [-0.1, -0.05) is 6.92 Å². The number of hydrogen-bond acceptors (Lipinski definition) is 5. The van der Waals surface area contributed by atoms with Crippen LogP contribution in [-0.2, 0) is 23.7 Å². The quantitative estimate of drug-likeness (QED) is 0.632. The van der Waals surface area contributed by atoms with Crippen LogP contribution in [0.4, 0.5) is 0 Å². The van der Waals surface area contributed by atoms with E-state index in [0.717, 1.165) is 0 Å². The topological polar surface area (TPSA) is 46.2 Å². The van der Waals surface area contributed by atoms with Crippen molar-refractivity contribution < 1.29 is 23.7 Å². The van der Waals surface area contributed by atoms with E-state index >= 15 is 0 Å². The lowest BCUT2D eigenvalue weighted by Gasteiger charge is -2.13. The van der Waals surface area contributed by atoms with Crippen LogP contribution in [0, 0.1) is 5.92 Å². The van der Waals surface area contributed by atoms with Crippen LogP contribution in [0.5, 0.6) is 0 Å². The second-order valence-corrected chi connectivity index (χ2v) is 4.09. The zero-order valence-electron chi connectivity index (χ0n) is 10.7. The summed E-state index contributed by atoms with van der Waals surface area (Å²) in [6, 6.07) is 0. The maximum atomic E-state index is 5.47. The summed E-state index contributed by atoms with van der Waals surface area (Å²) in [5, 5.41) is 0. The molecule has 0 bridgehead atoms. The summed E-state index contributed by atoms with van der Waals surface area (Å²) in [5.41, 5.74) is 0. The molecule has 0 aliphatic carbocycles. The molecule has 1 aliphatic rings. The van der Waals surface area contributed by atoms with Crippen LogP contribution < -0.4 is 0 Å². The average molecular weight is 248 g/mol. The Morgan fingerprint density at radius 1 is 0.529 bits per heavy atom. The van der Waals surface area contributed by atoms with Crippen LogP contribution in [-0.4, -0.2) is 66.1 Å². The highest BCUT2D eigenvalue weighted by atomic mass is 16.6. The molecule has 0 N–H and O–H groups in total. The summed E-state index contributed by atoms with van der Waals surface area (Å²) in [6.07, 6.45) is 0. The molecule has 0 radical (unpaired) electrons. The Morgan fingerprint density at radius 2 is 0.824 bits per heavy atom. The first-order valence-electron chi connectivity index (χ1n) is 6.28. The third-order valence-corrected chi connectivity index (χ3v) is 2.29. The SMILES string of the molecule is CC1COCCOCCOCCOCCOC1. The molecule has 0 aromatic heterocycles. The van der Waals surface area contributed by atoms with E-state index in [2.05, 4.69) is 6.92 Å². The van der Waals surface area contributed by atoms with Gasteiger partial charge in [-0.25, -0.2) is 0 Å². The molecule has 0 aromatic rings. The van der Waals surface area contributed by atoms with Gasteiger partial charge in [0.15, 0.2) is 0 Å². The molecule has 0 amide bonds. The Morgan fingerprint density at radius 3 is 1.18 bits per heavy atom. The van der Waals surface area contributed by atoms with Gasteiger partial charge in [-0.05, 0) is 0 Å². The molecule has 1 fully saturated rings. The normalized spacial score (nSPS) is 24.5. The molecule has 1 saturated heterocycles. The number of hydrogen-bond donors (Lipinski definition) is 0. The van der Waals surface area contributed by atoms with Crippen molar-refractivity contribution in [3.8, 4) is 0 Å². The van der Waals surface area contributed by atoms with E-state index in [1.807, 2.05) is 0 Å². The van der Waals surface area contributed by atoms with Gasteiger partial charge < -0.3 is 23.7 Å². The van der Waals surface area contributed by atoms with E-state index in [1.54, 1.807) is 0 Å².